The van der Waals surface area contributed by atoms with Crippen molar-refractivity contribution in [1.82, 2.24) is 0 Å². The van der Waals surface area contributed by atoms with Gasteiger partial charge in [0.25, 0.3) is 0 Å². The smallest absolute Gasteiger partial charge is 0.0163 e. The van der Waals surface area contributed by atoms with Gasteiger partial charge in [0.05, 0.1) is 0 Å². The Labute approximate surface area is 60.1 Å². The lowest BCUT2D eigenvalue weighted by Crippen LogP contribution is -1.75. The van der Waals surface area contributed by atoms with Crippen LogP contribution in [0.3, 0.4) is 0 Å². The maximum atomic E-state index is 2.40. The van der Waals surface area contributed by atoms with Gasteiger partial charge in [-0.1, -0.05) is 37.1 Å². The normalized spacial score (nSPS) is 25.0. The molecule has 0 bridgehead atoms. The molecule has 1 aliphatic carbocycles. The van der Waals surface area contributed by atoms with Crippen LogP contribution >= 0.6 is 0 Å². The van der Waals surface area contributed by atoms with E-state index in [-0.39, 0.29) is 0 Å². The lowest BCUT2D eigenvalue weighted by Gasteiger charge is -1.92. The molecule has 9 heavy (non-hydrogen) atoms. The summed E-state index contributed by atoms with van der Waals surface area (Å²) in [5, 5.41) is 0. The predicted octanol–water partition coefficient (Wildman–Crippen LogP) is 1.44. The zero-order valence-electron chi connectivity index (χ0n) is 6.22. The molecule has 0 spiro atoms. The molecule has 1 unspecified atom stereocenters. The molecular weight excluding hydrogens is 124 g/mol. The molecule has 1 rings (SSSR count). The Kier molecular flexibility index (Phi) is 2.28. The highest BCUT2D eigenvalue weighted by Crippen LogP contribution is 2.20. The monoisotopic (exact) mass is 138 g/mol. The fourth-order valence-corrected chi connectivity index (χ4v) is 1.80. The van der Waals surface area contributed by atoms with Crippen molar-refractivity contribution in [2.75, 3.05) is 0 Å². The SMILES string of the molecule is CCCC1=CC([SiH3])C=C1. The molecule has 0 fully saturated rings. The quantitative estimate of drug-likeness (QED) is 0.506. The molecule has 50 valence electrons. The third-order valence-electron chi connectivity index (χ3n) is 1.63. The van der Waals surface area contributed by atoms with E-state index in [2.05, 4.69) is 25.2 Å². The molecular formula is C8H14Si. The lowest BCUT2D eigenvalue weighted by atomic mass is 10.2. The molecule has 0 saturated carbocycles. The van der Waals surface area contributed by atoms with Gasteiger partial charge >= 0.3 is 0 Å². The molecule has 0 aromatic rings. The average molecular weight is 138 g/mol. The Morgan fingerprint density at radius 2 is 2.44 bits per heavy atom. The van der Waals surface area contributed by atoms with Gasteiger partial charge in [-0.15, -0.1) is 0 Å². The van der Waals surface area contributed by atoms with Crippen LogP contribution in [0.25, 0.3) is 0 Å². The van der Waals surface area contributed by atoms with Crippen LogP contribution in [0.2, 0.25) is 5.54 Å². The van der Waals surface area contributed by atoms with Crippen molar-refractivity contribution < 1.29 is 0 Å². The van der Waals surface area contributed by atoms with E-state index in [0.29, 0.717) is 0 Å². The van der Waals surface area contributed by atoms with Crippen LogP contribution in [0.15, 0.2) is 23.8 Å². The molecule has 1 aliphatic rings. The van der Waals surface area contributed by atoms with Crippen molar-refractivity contribution in [3.8, 4) is 0 Å². The molecule has 0 amide bonds. The number of allylic oxidation sites excluding steroid dienone is 4. The molecule has 0 saturated heterocycles. The van der Waals surface area contributed by atoms with Crippen molar-refractivity contribution in [3.05, 3.63) is 23.8 Å². The Morgan fingerprint density at radius 1 is 1.67 bits per heavy atom. The minimum atomic E-state index is 0.826. The summed E-state index contributed by atoms with van der Waals surface area (Å²) in [5.74, 6) is 0. The first kappa shape index (κ1) is 6.81. The van der Waals surface area contributed by atoms with Crippen LogP contribution in [0.4, 0.5) is 0 Å². The number of rotatable bonds is 2. The number of hydrogen-bond donors (Lipinski definition) is 0. The Morgan fingerprint density at radius 3 is 2.89 bits per heavy atom. The summed E-state index contributed by atoms with van der Waals surface area (Å²) >= 11 is 0. The van der Waals surface area contributed by atoms with E-state index >= 15 is 0 Å². The minimum Gasteiger partial charge on any atom is -0.0811 e. The first-order chi connectivity index (χ1) is 4.33. The minimum absolute atomic E-state index is 0.826. The van der Waals surface area contributed by atoms with E-state index in [0.717, 1.165) is 5.54 Å². The largest absolute Gasteiger partial charge is 0.0811 e. The van der Waals surface area contributed by atoms with Gasteiger partial charge in [-0.05, 0) is 12.0 Å². The first-order valence-electron chi connectivity index (χ1n) is 3.72. The van der Waals surface area contributed by atoms with Crippen LogP contribution in [0.5, 0.6) is 0 Å². The summed E-state index contributed by atoms with van der Waals surface area (Å²) in [7, 11) is 1.29. The van der Waals surface area contributed by atoms with Crippen LogP contribution in [-0.2, 0) is 0 Å². The summed E-state index contributed by atoms with van der Waals surface area (Å²) in [4.78, 5) is 0. The van der Waals surface area contributed by atoms with E-state index in [4.69, 9.17) is 0 Å². The second-order valence-corrected chi connectivity index (χ2v) is 4.04. The third kappa shape index (κ3) is 1.83. The second kappa shape index (κ2) is 3.02. The van der Waals surface area contributed by atoms with Crippen LogP contribution in [0, 0.1) is 0 Å². The molecule has 0 radical (unpaired) electrons. The lowest BCUT2D eigenvalue weighted by molar-refractivity contribution is 0.927. The molecule has 0 nitrogen and oxygen atoms in total. The van der Waals surface area contributed by atoms with Crippen molar-refractivity contribution in [2.45, 2.75) is 25.3 Å². The summed E-state index contributed by atoms with van der Waals surface area (Å²) < 4.78 is 0. The maximum absolute atomic E-state index is 2.40. The van der Waals surface area contributed by atoms with Crippen molar-refractivity contribution in [1.29, 1.82) is 0 Å². The van der Waals surface area contributed by atoms with E-state index in [1.54, 1.807) is 5.57 Å². The van der Waals surface area contributed by atoms with E-state index in [9.17, 15) is 0 Å². The molecule has 0 aromatic carbocycles. The van der Waals surface area contributed by atoms with E-state index in [1.807, 2.05) is 0 Å². The molecule has 0 aromatic heterocycles. The molecule has 0 N–H and O–H groups in total. The standard InChI is InChI=1S/C8H14Si/c1-2-3-7-4-5-8(9)6-7/h4-6,8H,2-3H2,1,9H3. The van der Waals surface area contributed by atoms with Gasteiger partial charge in [0.2, 0.25) is 0 Å². The fraction of sp³-hybridized carbons (Fsp3) is 0.500. The molecule has 1 atom stereocenters. The zero-order chi connectivity index (χ0) is 6.69. The van der Waals surface area contributed by atoms with Gasteiger partial charge in [0.1, 0.15) is 0 Å². The van der Waals surface area contributed by atoms with Gasteiger partial charge in [0.15, 0.2) is 0 Å². The van der Waals surface area contributed by atoms with Crippen LogP contribution in [0.1, 0.15) is 19.8 Å². The van der Waals surface area contributed by atoms with Crippen molar-refractivity contribution in [3.63, 3.8) is 0 Å². The van der Waals surface area contributed by atoms with Gasteiger partial charge in [-0.25, -0.2) is 0 Å². The second-order valence-electron chi connectivity index (χ2n) is 2.71. The van der Waals surface area contributed by atoms with Crippen molar-refractivity contribution >= 4 is 10.2 Å². The Hall–Kier alpha value is -0.303. The average Bonchev–Trinajstić information content (AvgIpc) is 2.17. The van der Waals surface area contributed by atoms with Gasteiger partial charge in [-0.2, -0.15) is 0 Å². The summed E-state index contributed by atoms with van der Waals surface area (Å²) in [6.45, 7) is 2.23. The maximum Gasteiger partial charge on any atom is 0.0163 e. The summed E-state index contributed by atoms with van der Waals surface area (Å²) in [6, 6.07) is 0. The molecule has 0 aliphatic heterocycles. The summed E-state index contributed by atoms with van der Waals surface area (Å²) in [6.07, 6.45) is 9.55. The van der Waals surface area contributed by atoms with Crippen LogP contribution in [-0.4, -0.2) is 10.2 Å². The van der Waals surface area contributed by atoms with Gasteiger partial charge in [0, 0.05) is 10.2 Å². The molecule has 0 heterocycles. The predicted molar refractivity (Wildman–Crippen MR) is 45.8 cm³/mol. The highest BCUT2D eigenvalue weighted by molar-refractivity contribution is 6.14. The molecule has 1 heteroatoms. The summed E-state index contributed by atoms with van der Waals surface area (Å²) in [5.41, 5.74) is 2.38. The van der Waals surface area contributed by atoms with E-state index in [1.165, 1.54) is 23.1 Å². The Bertz CT molecular complexity index is 145. The topological polar surface area (TPSA) is 0 Å². The third-order valence-corrected chi connectivity index (χ3v) is 2.35. The zero-order valence-corrected chi connectivity index (χ0v) is 8.22. The van der Waals surface area contributed by atoms with Gasteiger partial charge in [-0.3, -0.25) is 0 Å². The van der Waals surface area contributed by atoms with E-state index < -0.39 is 0 Å². The first-order valence-corrected chi connectivity index (χ1v) is 4.87. The van der Waals surface area contributed by atoms with Crippen molar-refractivity contribution in [2.24, 2.45) is 0 Å². The number of hydrogen-bond acceptors (Lipinski definition) is 0. The fourth-order valence-electron chi connectivity index (χ4n) is 1.18. The van der Waals surface area contributed by atoms with Crippen LogP contribution < -0.4 is 0 Å². The van der Waals surface area contributed by atoms with Gasteiger partial charge < -0.3 is 0 Å². The Balaban J connectivity index is 2.44. The highest BCUT2D eigenvalue weighted by Gasteiger charge is 2.01. The highest BCUT2D eigenvalue weighted by atomic mass is 28.1.